The molecule has 1 aliphatic carbocycles. The predicted octanol–water partition coefficient (Wildman–Crippen LogP) is 3.10. The second kappa shape index (κ2) is 6.30. The molecule has 2 N–H and O–H groups in total. The number of ether oxygens (including phenoxy) is 1. The number of rotatable bonds is 3. The first kappa shape index (κ1) is 15.6. The summed E-state index contributed by atoms with van der Waals surface area (Å²) in [4.78, 5) is 11.8. The minimum Gasteiger partial charge on any atom is -0.457 e. The molecule has 1 aromatic rings. The second-order valence-corrected chi connectivity index (χ2v) is 4.96. The van der Waals surface area contributed by atoms with Crippen molar-refractivity contribution in [3.63, 3.8) is 0 Å². The monoisotopic (exact) mass is 299 g/mol. The van der Waals surface area contributed by atoms with Crippen molar-refractivity contribution in [2.45, 2.75) is 38.1 Å². The van der Waals surface area contributed by atoms with E-state index < -0.39 is 23.8 Å². The van der Waals surface area contributed by atoms with Crippen molar-refractivity contribution in [3.05, 3.63) is 47.0 Å². The van der Waals surface area contributed by atoms with Gasteiger partial charge in [0.05, 0.1) is 0 Å². The molecule has 0 spiro atoms. The molecule has 1 fully saturated rings. The molecule has 0 heterocycles. The van der Waals surface area contributed by atoms with Gasteiger partial charge in [0.2, 0.25) is 0 Å². The van der Waals surface area contributed by atoms with Crippen LogP contribution in [0.1, 0.15) is 24.8 Å². The van der Waals surface area contributed by atoms with E-state index in [1.807, 2.05) is 0 Å². The number of benzene rings is 1. The van der Waals surface area contributed by atoms with Gasteiger partial charge in [-0.05, 0) is 30.4 Å². The van der Waals surface area contributed by atoms with Crippen molar-refractivity contribution in [1.29, 1.82) is 0 Å². The summed E-state index contributed by atoms with van der Waals surface area (Å²) in [5, 5.41) is 0. The average molecular weight is 299 g/mol. The summed E-state index contributed by atoms with van der Waals surface area (Å²) in [5.74, 6) is -1.35. The number of alkyl halides is 3. The molecule has 1 saturated carbocycles. The summed E-state index contributed by atoms with van der Waals surface area (Å²) < 4.78 is 44.1. The average Bonchev–Trinajstić information content (AvgIpc) is 2.82. The summed E-state index contributed by atoms with van der Waals surface area (Å²) >= 11 is 0. The van der Waals surface area contributed by atoms with Gasteiger partial charge >= 0.3 is 12.1 Å². The van der Waals surface area contributed by atoms with Gasteiger partial charge in [0, 0.05) is 6.04 Å². The van der Waals surface area contributed by atoms with E-state index in [-0.39, 0.29) is 18.6 Å². The number of hydrogen-bond acceptors (Lipinski definition) is 3. The van der Waals surface area contributed by atoms with Gasteiger partial charge in [-0.25, -0.2) is 4.79 Å². The fraction of sp³-hybridized carbons (Fsp3) is 0.400. The Kier molecular flexibility index (Phi) is 4.67. The maximum absolute atomic E-state index is 13.1. The highest BCUT2D eigenvalue weighted by Gasteiger charge is 2.44. The van der Waals surface area contributed by atoms with Gasteiger partial charge in [-0.2, -0.15) is 13.2 Å². The normalized spacial score (nSPS) is 21.2. The van der Waals surface area contributed by atoms with Crippen LogP contribution in [0, 0.1) is 0 Å². The van der Waals surface area contributed by atoms with Gasteiger partial charge in [0.15, 0.2) is 0 Å². The molecule has 0 amide bonds. The van der Waals surface area contributed by atoms with Gasteiger partial charge in [-0.3, -0.25) is 0 Å². The Morgan fingerprint density at radius 2 is 1.95 bits per heavy atom. The quantitative estimate of drug-likeness (QED) is 0.689. The van der Waals surface area contributed by atoms with Crippen LogP contribution in [0.25, 0.3) is 0 Å². The Bertz CT molecular complexity index is 538. The lowest BCUT2D eigenvalue weighted by Crippen LogP contribution is -2.29. The molecule has 114 valence electrons. The Balaban J connectivity index is 2.17. The standard InChI is InChI=1S/C15H16F3NO2/c16-15(17,18)13(11-7-4-8-12(11)19)14(20)21-9-10-5-2-1-3-6-10/h1-3,5-6,12H,4,7-9,19H2/b13-11-/t12-/m0/s1. The molecular formula is C15H16F3NO2. The highest BCUT2D eigenvalue weighted by Crippen LogP contribution is 2.36. The molecule has 2 rings (SSSR count). The number of carbonyl (C=O) groups is 1. The van der Waals surface area contributed by atoms with E-state index in [0.717, 1.165) is 0 Å². The van der Waals surface area contributed by atoms with Crippen LogP contribution in [0.5, 0.6) is 0 Å². The van der Waals surface area contributed by atoms with Crippen molar-refractivity contribution >= 4 is 5.97 Å². The fourth-order valence-corrected chi connectivity index (χ4v) is 2.41. The smallest absolute Gasteiger partial charge is 0.423 e. The van der Waals surface area contributed by atoms with Crippen LogP contribution >= 0.6 is 0 Å². The summed E-state index contributed by atoms with van der Waals surface area (Å²) in [6.45, 7) is -0.193. The number of halogens is 3. The van der Waals surface area contributed by atoms with E-state index >= 15 is 0 Å². The first-order valence-electron chi connectivity index (χ1n) is 6.66. The molecule has 0 aliphatic heterocycles. The maximum Gasteiger partial charge on any atom is 0.423 e. The van der Waals surface area contributed by atoms with E-state index in [2.05, 4.69) is 0 Å². The molecule has 0 saturated heterocycles. The van der Waals surface area contributed by atoms with Crippen LogP contribution < -0.4 is 5.73 Å². The maximum atomic E-state index is 13.1. The molecule has 3 nitrogen and oxygen atoms in total. The molecule has 6 heteroatoms. The first-order chi connectivity index (χ1) is 9.89. The lowest BCUT2D eigenvalue weighted by atomic mass is 10.0. The summed E-state index contributed by atoms with van der Waals surface area (Å²) in [6, 6.07) is 7.85. The van der Waals surface area contributed by atoms with Crippen LogP contribution in [-0.4, -0.2) is 18.2 Å². The van der Waals surface area contributed by atoms with Crippen LogP contribution in [0.3, 0.4) is 0 Å². The van der Waals surface area contributed by atoms with Gasteiger partial charge in [0.25, 0.3) is 0 Å². The van der Waals surface area contributed by atoms with E-state index in [9.17, 15) is 18.0 Å². The molecule has 0 bridgehead atoms. The third kappa shape index (κ3) is 3.85. The third-order valence-corrected chi connectivity index (χ3v) is 3.43. The molecule has 1 atom stereocenters. The van der Waals surface area contributed by atoms with Crippen LogP contribution in [0.2, 0.25) is 0 Å². The van der Waals surface area contributed by atoms with Gasteiger partial charge in [-0.1, -0.05) is 30.3 Å². The topological polar surface area (TPSA) is 52.3 Å². The van der Waals surface area contributed by atoms with Crippen LogP contribution in [-0.2, 0) is 16.1 Å². The zero-order valence-corrected chi connectivity index (χ0v) is 11.3. The molecule has 21 heavy (non-hydrogen) atoms. The number of esters is 1. The number of hydrogen-bond donors (Lipinski definition) is 1. The van der Waals surface area contributed by atoms with Crippen LogP contribution in [0.15, 0.2) is 41.5 Å². The van der Waals surface area contributed by atoms with E-state index in [0.29, 0.717) is 18.4 Å². The molecular weight excluding hydrogens is 283 g/mol. The number of carbonyl (C=O) groups excluding carboxylic acids is 1. The summed E-state index contributed by atoms with van der Waals surface area (Å²) in [7, 11) is 0. The van der Waals surface area contributed by atoms with Gasteiger partial charge in [0.1, 0.15) is 12.2 Å². The van der Waals surface area contributed by atoms with Crippen molar-refractivity contribution in [2.75, 3.05) is 0 Å². The fourth-order valence-electron chi connectivity index (χ4n) is 2.41. The molecule has 1 aliphatic rings. The first-order valence-corrected chi connectivity index (χ1v) is 6.66. The Morgan fingerprint density at radius 1 is 1.29 bits per heavy atom. The van der Waals surface area contributed by atoms with Crippen molar-refractivity contribution in [3.8, 4) is 0 Å². The molecule has 0 unspecified atom stereocenters. The SMILES string of the molecule is N[C@H]1CCC/C1=C(\C(=O)OCc1ccccc1)C(F)(F)F. The van der Waals surface area contributed by atoms with Gasteiger partial charge in [-0.15, -0.1) is 0 Å². The van der Waals surface area contributed by atoms with Crippen LogP contribution in [0.4, 0.5) is 13.2 Å². The Hall–Kier alpha value is -1.82. The predicted molar refractivity (Wildman–Crippen MR) is 71.1 cm³/mol. The third-order valence-electron chi connectivity index (χ3n) is 3.43. The van der Waals surface area contributed by atoms with E-state index in [4.69, 9.17) is 10.5 Å². The summed E-state index contributed by atoms with van der Waals surface area (Å²) in [6.07, 6.45) is -3.54. The Labute approximate surface area is 120 Å². The van der Waals surface area contributed by atoms with E-state index in [1.54, 1.807) is 30.3 Å². The Morgan fingerprint density at radius 3 is 2.48 bits per heavy atom. The van der Waals surface area contributed by atoms with Crippen molar-refractivity contribution in [1.82, 2.24) is 0 Å². The largest absolute Gasteiger partial charge is 0.457 e. The van der Waals surface area contributed by atoms with E-state index in [1.165, 1.54) is 0 Å². The highest BCUT2D eigenvalue weighted by molar-refractivity contribution is 5.91. The van der Waals surface area contributed by atoms with Crippen molar-refractivity contribution < 1.29 is 22.7 Å². The minimum atomic E-state index is -4.74. The zero-order chi connectivity index (χ0) is 15.5. The number of nitrogens with two attached hydrogens (primary N) is 1. The summed E-state index contributed by atoms with van der Waals surface area (Å²) in [5.41, 5.74) is 5.01. The molecule has 0 radical (unpaired) electrons. The highest BCUT2D eigenvalue weighted by atomic mass is 19.4. The molecule has 0 aromatic heterocycles. The van der Waals surface area contributed by atoms with Crippen molar-refractivity contribution in [2.24, 2.45) is 5.73 Å². The molecule has 1 aromatic carbocycles. The lowest BCUT2D eigenvalue weighted by molar-refractivity contribution is -0.152. The minimum absolute atomic E-state index is 0.0411. The lowest BCUT2D eigenvalue weighted by Gasteiger charge is -2.16. The van der Waals surface area contributed by atoms with Gasteiger partial charge < -0.3 is 10.5 Å². The zero-order valence-electron chi connectivity index (χ0n) is 11.3. The second-order valence-electron chi connectivity index (χ2n) is 4.96.